The molecule has 4 aromatic rings. The van der Waals surface area contributed by atoms with Crippen LogP contribution in [-0.2, 0) is 6.54 Å². The molecule has 25 heavy (non-hydrogen) atoms. The van der Waals surface area contributed by atoms with Gasteiger partial charge in [0.15, 0.2) is 5.13 Å². The zero-order chi connectivity index (χ0) is 17.4. The van der Waals surface area contributed by atoms with Crippen molar-refractivity contribution in [3.63, 3.8) is 0 Å². The van der Waals surface area contributed by atoms with Crippen LogP contribution in [0.25, 0.3) is 21.3 Å². The molecule has 0 unspecified atom stereocenters. The first-order valence-corrected chi connectivity index (χ1v) is 9.27. The van der Waals surface area contributed by atoms with E-state index in [2.05, 4.69) is 33.9 Å². The van der Waals surface area contributed by atoms with Gasteiger partial charge in [-0.2, -0.15) is 0 Å². The Labute approximate surface area is 150 Å². The quantitative estimate of drug-likeness (QED) is 0.542. The summed E-state index contributed by atoms with van der Waals surface area (Å²) in [7, 11) is 0. The highest BCUT2D eigenvalue weighted by Crippen LogP contribution is 2.34. The van der Waals surface area contributed by atoms with E-state index in [9.17, 15) is 0 Å². The lowest BCUT2D eigenvalue weighted by atomic mass is 10.3. The average molecular weight is 352 g/mol. The van der Waals surface area contributed by atoms with Crippen LogP contribution in [0.3, 0.4) is 0 Å². The van der Waals surface area contributed by atoms with E-state index >= 15 is 0 Å². The maximum absolute atomic E-state index is 5.57. The van der Waals surface area contributed by atoms with E-state index in [1.165, 1.54) is 0 Å². The molecule has 0 amide bonds. The Kier molecular flexibility index (Phi) is 4.05. The minimum absolute atomic E-state index is 0.656. The number of fused-ring (bicyclic) bond motifs is 3. The highest BCUT2D eigenvalue weighted by molar-refractivity contribution is 7.22. The molecule has 0 atom stereocenters. The summed E-state index contributed by atoms with van der Waals surface area (Å²) < 4.78 is 8.94. The van der Waals surface area contributed by atoms with Crippen molar-refractivity contribution in [2.24, 2.45) is 0 Å². The van der Waals surface area contributed by atoms with E-state index in [1.54, 1.807) is 11.3 Å². The molecule has 2 heterocycles. The van der Waals surface area contributed by atoms with E-state index in [4.69, 9.17) is 9.72 Å². The van der Waals surface area contributed by atoms with Crippen LogP contribution in [0.1, 0.15) is 19.7 Å². The number of hydrogen-bond acceptors (Lipinski definition) is 5. The first-order valence-electron chi connectivity index (χ1n) is 8.46. The summed E-state index contributed by atoms with van der Waals surface area (Å²) in [6.07, 6.45) is 0. The summed E-state index contributed by atoms with van der Waals surface area (Å²) in [5.41, 5.74) is 4.10. The Hall–Kier alpha value is -2.60. The number of imidazole rings is 1. The van der Waals surface area contributed by atoms with Crippen LogP contribution in [0.5, 0.6) is 5.75 Å². The van der Waals surface area contributed by atoms with Crippen molar-refractivity contribution in [2.45, 2.75) is 27.3 Å². The van der Waals surface area contributed by atoms with Crippen LogP contribution in [0.2, 0.25) is 0 Å². The predicted octanol–water partition coefficient (Wildman–Crippen LogP) is 5.12. The van der Waals surface area contributed by atoms with Crippen LogP contribution >= 0.6 is 11.3 Å². The normalized spacial score (nSPS) is 11.3. The van der Waals surface area contributed by atoms with Crippen LogP contribution in [0, 0.1) is 6.92 Å². The molecule has 0 saturated heterocycles. The molecule has 1 N–H and O–H groups in total. The third-order valence-corrected chi connectivity index (χ3v) is 5.10. The molecule has 0 bridgehead atoms. The second-order valence-corrected chi connectivity index (χ2v) is 6.82. The van der Waals surface area contributed by atoms with Crippen LogP contribution < -0.4 is 10.1 Å². The van der Waals surface area contributed by atoms with E-state index in [-0.39, 0.29) is 0 Å². The summed E-state index contributed by atoms with van der Waals surface area (Å²) in [5, 5.41) is 4.27. The second kappa shape index (κ2) is 6.37. The first-order chi connectivity index (χ1) is 12.2. The monoisotopic (exact) mass is 352 g/mol. The van der Waals surface area contributed by atoms with Gasteiger partial charge in [-0.1, -0.05) is 17.4 Å². The molecule has 0 spiro atoms. The SMILES string of the molecule is CCOc1cccc(Nc2nc3c(ccc4nc(C)n(CC)c43)s2)c1. The van der Waals surface area contributed by atoms with E-state index in [0.717, 1.165) is 50.2 Å². The van der Waals surface area contributed by atoms with Crippen molar-refractivity contribution in [1.29, 1.82) is 0 Å². The third kappa shape index (κ3) is 2.82. The largest absolute Gasteiger partial charge is 0.494 e. The number of thiazole rings is 1. The van der Waals surface area contributed by atoms with Crippen molar-refractivity contribution >= 4 is 43.4 Å². The lowest BCUT2D eigenvalue weighted by Gasteiger charge is -2.06. The van der Waals surface area contributed by atoms with E-state index < -0.39 is 0 Å². The summed E-state index contributed by atoms with van der Waals surface area (Å²) >= 11 is 1.65. The molecule has 0 radical (unpaired) electrons. The predicted molar refractivity (Wildman–Crippen MR) is 104 cm³/mol. The van der Waals surface area contributed by atoms with Crippen LogP contribution in [-0.4, -0.2) is 21.1 Å². The van der Waals surface area contributed by atoms with Gasteiger partial charge in [0.1, 0.15) is 17.1 Å². The maximum Gasteiger partial charge on any atom is 0.188 e. The fourth-order valence-corrected chi connectivity index (χ4v) is 4.01. The Morgan fingerprint density at radius 3 is 2.84 bits per heavy atom. The van der Waals surface area contributed by atoms with Gasteiger partial charge in [-0.25, -0.2) is 9.97 Å². The Morgan fingerprint density at radius 2 is 2.04 bits per heavy atom. The molecule has 6 heteroatoms. The highest BCUT2D eigenvalue weighted by Gasteiger charge is 2.14. The first kappa shape index (κ1) is 15.9. The number of anilines is 2. The molecular weight excluding hydrogens is 332 g/mol. The van der Waals surface area contributed by atoms with Gasteiger partial charge in [-0.3, -0.25) is 0 Å². The standard InChI is InChI=1S/C19H20N4OS/c1-4-23-12(3)20-15-9-10-16-17(18(15)23)22-19(25-16)21-13-7-6-8-14(11-13)24-5-2/h6-11H,4-5H2,1-3H3,(H,21,22). The van der Waals surface area contributed by atoms with Gasteiger partial charge >= 0.3 is 0 Å². The number of nitrogens with zero attached hydrogens (tertiary/aromatic N) is 3. The lowest BCUT2D eigenvalue weighted by Crippen LogP contribution is -1.97. The van der Waals surface area contributed by atoms with E-state index in [1.807, 2.05) is 38.1 Å². The minimum Gasteiger partial charge on any atom is -0.494 e. The molecule has 128 valence electrons. The molecule has 0 saturated carbocycles. The van der Waals surface area contributed by atoms with Gasteiger partial charge in [-0.15, -0.1) is 0 Å². The van der Waals surface area contributed by atoms with Crippen molar-refractivity contribution in [2.75, 3.05) is 11.9 Å². The number of nitrogens with one attached hydrogen (secondary N) is 1. The van der Waals surface area contributed by atoms with Gasteiger partial charge in [0, 0.05) is 18.3 Å². The Balaban J connectivity index is 1.76. The summed E-state index contributed by atoms with van der Waals surface area (Å²) in [6, 6.07) is 12.1. The summed E-state index contributed by atoms with van der Waals surface area (Å²) in [6.45, 7) is 7.70. The fraction of sp³-hybridized carbons (Fsp3) is 0.263. The molecule has 0 fully saturated rings. The van der Waals surface area contributed by atoms with Gasteiger partial charge in [-0.05, 0) is 45.0 Å². The van der Waals surface area contributed by atoms with Gasteiger partial charge < -0.3 is 14.6 Å². The number of hydrogen-bond donors (Lipinski definition) is 1. The topological polar surface area (TPSA) is 52.0 Å². The van der Waals surface area contributed by atoms with Crippen LogP contribution in [0.15, 0.2) is 36.4 Å². The van der Waals surface area contributed by atoms with Crippen molar-refractivity contribution < 1.29 is 4.74 Å². The minimum atomic E-state index is 0.656. The molecule has 0 aliphatic carbocycles. The lowest BCUT2D eigenvalue weighted by molar-refractivity contribution is 0.340. The maximum atomic E-state index is 5.57. The van der Waals surface area contributed by atoms with Crippen LogP contribution in [0.4, 0.5) is 10.8 Å². The molecule has 4 rings (SSSR count). The summed E-state index contributed by atoms with van der Waals surface area (Å²) in [4.78, 5) is 9.49. The zero-order valence-electron chi connectivity index (χ0n) is 14.5. The molecule has 0 aliphatic heterocycles. The number of ether oxygens (including phenoxy) is 1. The van der Waals surface area contributed by atoms with Gasteiger partial charge in [0.05, 0.1) is 22.3 Å². The molecule has 0 aliphatic rings. The molecule has 2 aromatic carbocycles. The molecular formula is C19H20N4OS. The van der Waals surface area contributed by atoms with Gasteiger partial charge in [0.25, 0.3) is 0 Å². The molecule has 2 aromatic heterocycles. The van der Waals surface area contributed by atoms with Gasteiger partial charge in [0.2, 0.25) is 0 Å². The van der Waals surface area contributed by atoms with E-state index in [0.29, 0.717) is 6.61 Å². The van der Waals surface area contributed by atoms with Crippen molar-refractivity contribution in [3.8, 4) is 5.75 Å². The number of aryl methyl sites for hydroxylation is 2. The second-order valence-electron chi connectivity index (χ2n) is 5.79. The number of aromatic nitrogens is 3. The third-order valence-electron chi connectivity index (χ3n) is 4.17. The Morgan fingerprint density at radius 1 is 1.16 bits per heavy atom. The molecule has 5 nitrogen and oxygen atoms in total. The summed E-state index contributed by atoms with van der Waals surface area (Å²) in [5.74, 6) is 1.88. The van der Waals surface area contributed by atoms with Crippen molar-refractivity contribution in [3.05, 3.63) is 42.2 Å². The Bertz CT molecular complexity index is 1050. The fourth-order valence-electron chi connectivity index (χ4n) is 3.12. The average Bonchev–Trinajstić information content (AvgIpc) is 3.14. The number of rotatable bonds is 5. The smallest absolute Gasteiger partial charge is 0.188 e. The highest BCUT2D eigenvalue weighted by atomic mass is 32.1. The zero-order valence-corrected chi connectivity index (χ0v) is 15.4. The number of benzene rings is 2. The van der Waals surface area contributed by atoms with Crippen molar-refractivity contribution in [1.82, 2.24) is 14.5 Å².